The Labute approximate surface area is 125 Å². The van der Waals surface area contributed by atoms with Crippen molar-refractivity contribution < 1.29 is 18.4 Å². The first-order valence-corrected chi connectivity index (χ1v) is 6.97. The van der Waals surface area contributed by atoms with Crippen LogP contribution in [-0.2, 0) is 15.5 Å². The number of halogens is 3. The zero-order valence-electron chi connectivity index (χ0n) is 11.2. The maximum Gasteiger partial charge on any atom is 0.290 e. The molecular formula is C14H15ClF2N2O2. The van der Waals surface area contributed by atoms with Gasteiger partial charge in [-0.3, -0.25) is 9.59 Å². The molecule has 2 amide bonds. The minimum absolute atomic E-state index is 0.222. The van der Waals surface area contributed by atoms with Crippen LogP contribution in [-0.4, -0.2) is 24.4 Å². The number of piperidine rings is 1. The lowest BCUT2D eigenvalue weighted by Gasteiger charge is -2.24. The average molecular weight is 317 g/mol. The zero-order chi connectivity index (χ0) is 15.5. The fourth-order valence-electron chi connectivity index (χ4n) is 2.12. The molecule has 1 aromatic rings. The van der Waals surface area contributed by atoms with E-state index in [1.807, 2.05) is 0 Å². The number of hydrogen-bond donors (Lipinski definition) is 2. The third-order valence-corrected chi connectivity index (χ3v) is 3.55. The van der Waals surface area contributed by atoms with Crippen molar-refractivity contribution >= 4 is 23.4 Å². The lowest BCUT2D eigenvalue weighted by molar-refractivity contribution is -0.132. The number of carbonyl (C=O) groups excluding carboxylic acids is 2. The molecule has 0 unspecified atom stereocenters. The van der Waals surface area contributed by atoms with Crippen LogP contribution in [0.3, 0.4) is 0 Å². The summed E-state index contributed by atoms with van der Waals surface area (Å²) in [4.78, 5) is 23.0. The smallest absolute Gasteiger partial charge is 0.290 e. The van der Waals surface area contributed by atoms with Gasteiger partial charge in [0.25, 0.3) is 5.92 Å². The number of carbonyl (C=O) groups is 2. The van der Waals surface area contributed by atoms with Gasteiger partial charge in [-0.15, -0.1) is 0 Å². The first kappa shape index (κ1) is 15.7. The number of benzene rings is 1. The van der Waals surface area contributed by atoms with Crippen molar-refractivity contribution in [1.29, 1.82) is 0 Å². The number of alkyl halides is 2. The van der Waals surface area contributed by atoms with E-state index in [2.05, 4.69) is 10.6 Å². The van der Waals surface area contributed by atoms with Gasteiger partial charge in [0.1, 0.15) is 6.04 Å². The maximum absolute atomic E-state index is 13.9. The van der Waals surface area contributed by atoms with Crippen LogP contribution >= 0.6 is 11.6 Å². The Bertz CT molecular complexity index is 534. The minimum atomic E-state index is -3.20. The molecule has 1 aliphatic heterocycles. The van der Waals surface area contributed by atoms with E-state index in [4.69, 9.17) is 11.6 Å². The van der Waals surface area contributed by atoms with Crippen LogP contribution in [0.15, 0.2) is 24.3 Å². The minimum Gasteiger partial charge on any atom is -0.348 e. The number of rotatable bonds is 4. The number of hydrogen-bond acceptors (Lipinski definition) is 2. The molecule has 114 valence electrons. The van der Waals surface area contributed by atoms with Crippen LogP contribution < -0.4 is 10.6 Å². The molecular weight excluding hydrogens is 302 g/mol. The fraction of sp³-hybridized carbons (Fsp3) is 0.429. The van der Waals surface area contributed by atoms with E-state index >= 15 is 0 Å². The van der Waals surface area contributed by atoms with Crippen molar-refractivity contribution in [2.45, 2.75) is 31.2 Å². The quantitative estimate of drug-likeness (QED) is 0.895. The van der Waals surface area contributed by atoms with E-state index in [1.54, 1.807) is 0 Å². The normalized spacial score (nSPS) is 19.0. The second-order valence-corrected chi connectivity index (χ2v) is 5.38. The molecule has 0 radical (unpaired) electrons. The molecule has 1 aliphatic rings. The molecule has 1 heterocycles. The molecule has 4 nitrogen and oxygen atoms in total. The summed E-state index contributed by atoms with van der Waals surface area (Å²) in [6.45, 7) is -0.820. The van der Waals surface area contributed by atoms with Crippen LogP contribution in [0.1, 0.15) is 24.8 Å². The predicted octanol–water partition coefficient (Wildman–Crippen LogP) is 2.22. The van der Waals surface area contributed by atoms with E-state index in [1.165, 1.54) is 24.3 Å². The molecule has 2 rings (SSSR count). The molecule has 1 aromatic carbocycles. The lowest BCUT2D eigenvalue weighted by atomic mass is 10.0. The zero-order valence-corrected chi connectivity index (χ0v) is 11.9. The van der Waals surface area contributed by atoms with Gasteiger partial charge >= 0.3 is 0 Å². The van der Waals surface area contributed by atoms with Gasteiger partial charge in [-0.1, -0.05) is 23.7 Å². The molecule has 2 N–H and O–H groups in total. The first-order valence-electron chi connectivity index (χ1n) is 6.59. The van der Waals surface area contributed by atoms with Crippen molar-refractivity contribution in [2.24, 2.45) is 0 Å². The summed E-state index contributed by atoms with van der Waals surface area (Å²) < 4.78 is 27.9. The van der Waals surface area contributed by atoms with E-state index in [0.717, 1.165) is 0 Å². The molecule has 1 atom stereocenters. The average Bonchev–Trinajstić information content (AvgIpc) is 2.45. The summed E-state index contributed by atoms with van der Waals surface area (Å²) in [5, 5.41) is 5.04. The topological polar surface area (TPSA) is 58.2 Å². The summed E-state index contributed by atoms with van der Waals surface area (Å²) in [6, 6.07) is 4.45. The molecule has 0 saturated carbocycles. The van der Waals surface area contributed by atoms with Gasteiger partial charge in [0.15, 0.2) is 0 Å². The van der Waals surface area contributed by atoms with E-state index in [9.17, 15) is 18.4 Å². The maximum atomic E-state index is 13.9. The molecule has 7 heteroatoms. The SMILES string of the molecule is O=C1CCC[C@H](C(=O)NCC(F)(F)c2ccc(Cl)cc2)N1. The highest BCUT2D eigenvalue weighted by molar-refractivity contribution is 6.30. The second kappa shape index (κ2) is 6.39. The summed E-state index contributed by atoms with van der Waals surface area (Å²) in [7, 11) is 0. The highest BCUT2D eigenvalue weighted by Gasteiger charge is 2.33. The van der Waals surface area contributed by atoms with Crippen molar-refractivity contribution in [3.8, 4) is 0 Å². The Balaban J connectivity index is 1.93. The fourth-order valence-corrected chi connectivity index (χ4v) is 2.25. The Morgan fingerprint density at radius 2 is 2.05 bits per heavy atom. The summed E-state index contributed by atoms with van der Waals surface area (Å²) in [5.41, 5.74) is -0.222. The van der Waals surface area contributed by atoms with Gasteiger partial charge in [0, 0.05) is 17.0 Å². The van der Waals surface area contributed by atoms with Gasteiger partial charge in [-0.05, 0) is 25.0 Å². The van der Waals surface area contributed by atoms with Crippen molar-refractivity contribution in [2.75, 3.05) is 6.54 Å². The summed E-state index contributed by atoms with van der Waals surface area (Å²) in [5.74, 6) is -4.01. The Morgan fingerprint density at radius 1 is 1.38 bits per heavy atom. The third kappa shape index (κ3) is 4.14. The molecule has 0 aromatic heterocycles. The third-order valence-electron chi connectivity index (χ3n) is 3.30. The number of amides is 2. The Morgan fingerprint density at radius 3 is 2.67 bits per heavy atom. The lowest BCUT2D eigenvalue weighted by Crippen LogP contribution is -2.50. The van der Waals surface area contributed by atoms with Crippen LogP contribution in [0.5, 0.6) is 0 Å². The highest BCUT2D eigenvalue weighted by atomic mass is 35.5. The molecule has 0 aliphatic carbocycles. The predicted molar refractivity (Wildman–Crippen MR) is 74.1 cm³/mol. The molecule has 1 fully saturated rings. The molecule has 0 bridgehead atoms. The standard InChI is InChI=1S/C14H15ClF2N2O2/c15-10-6-4-9(5-7-10)14(16,17)8-18-13(21)11-2-1-3-12(20)19-11/h4-7,11H,1-3,8H2,(H,18,21)(H,19,20)/t11-/m1/s1. The molecule has 0 spiro atoms. The van der Waals surface area contributed by atoms with Crippen LogP contribution in [0, 0.1) is 0 Å². The van der Waals surface area contributed by atoms with Gasteiger partial charge in [-0.2, -0.15) is 8.78 Å². The van der Waals surface area contributed by atoms with E-state index in [0.29, 0.717) is 24.3 Å². The Kier molecular flexibility index (Phi) is 4.77. The summed E-state index contributed by atoms with van der Waals surface area (Å²) in [6.07, 6.45) is 1.41. The Hall–Kier alpha value is -1.69. The number of nitrogens with one attached hydrogen (secondary N) is 2. The molecule has 1 saturated heterocycles. The first-order chi connectivity index (χ1) is 9.88. The molecule has 21 heavy (non-hydrogen) atoms. The van der Waals surface area contributed by atoms with Gasteiger partial charge in [0.05, 0.1) is 6.54 Å². The van der Waals surface area contributed by atoms with Gasteiger partial charge in [0.2, 0.25) is 11.8 Å². The van der Waals surface area contributed by atoms with E-state index in [-0.39, 0.29) is 11.5 Å². The van der Waals surface area contributed by atoms with E-state index < -0.39 is 24.4 Å². The van der Waals surface area contributed by atoms with Crippen molar-refractivity contribution in [1.82, 2.24) is 10.6 Å². The summed E-state index contributed by atoms with van der Waals surface area (Å²) >= 11 is 5.65. The monoisotopic (exact) mass is 316 g/mol. The second-order valence-electron chi connectivity index (χ2n) is 4.94. The highest BCUT2D eigenvalue weighted by Crippen LogP contribution is 2.28. The van der Waals surface area contributed by atoms with Crippen LogP contribution in [0.2, 0.25) is 5.02 Å². The van der Waals surface area contributed by atoms with Crippen molar-refractivity contribution in [3.05, 3.63) is 34.9 Å². The largest absolute Gasteiger partial charge is 0.348 e. The van der Waals surface area contributed by atoms with Crippen LogP contribution in [0.25, 0.3) is 0 Å². The van der Waals surface area contributed by atoms with Gasteiger partial charge < -0.3 is 10.6 Å². The van der Waals surface area contributed by atoms with Gasteiger partial charge in [-0.25, -0.2) is 0 Å². The van der Waals surface area contributed by atoms with Crippen LogP contribution in [0.4, 0.5) is 8.78 Å². The van der Waals surface area contributed by atoms with Crippen molar-refractivity contribution in [3.63, 3.8) is 0 Å².